The molecule has 0 aromatic carbocycles. The number of cyclic esters (lactones) is 1. The van der Waals surface area contributed by atoms with E-state index < -0.39 is 45.8 Å². The molecule has 1 unspecified atom stereocenters. The zero-order valence-corrected chi connectivity index (χ0v) is 22.7. The number of Topliss-reactive ketones (excluding diaryl/α,β-unsaturated/α-hetero) is 2. The van der Waals surface area contributed by atoms with Gasteiger partial charge in [0.05, 0.1) is 25.2 Å². The number of hydrogen-bond acceptors (Lipinski definition) is 7. The van der Waals surface area contributed by atoms with E-state index in [1.807, 2.05) is 20.8 Å². The highest BCUT2D eigenvalue weighted by atomic mass is 16.5. The molecule has 11 atom stereocenters. The molecule has 200 valence electrons. The van der Waals surface area contributed by atoms with E-state index in [0.717, 1.165) is 31.3 Å². The van der Waals surface area contributed by atoms with Gasteiger partial charge in [0.2, 0.25) is 0 Å². The molecule has 7 nitrogen and oxygen atoms in total. The smallest absolute Gasteiger partial charge is 0.306 e. The standard InChI is InChI=1S/C30H39NO6/c1-15-9-19-22(20(32)10-15)17(3)23(34)24-28(19,5)26(35)25-27(4,29(24)12-21(33)36-14-29)6-7-30-11-16(2)8-18(37-30)13-31(25)30/h10,16-19,22,24-25H,6-9,11-14H2,1-5H3/t16-,17+,18+,19+,22-,24-,25-,27+,28-,29+,30?/m0/s1. The van der Waals surface area contributed by atoms with Gasteiger partial charge >= 0.3 is 5.97 Å². The summed E-state index contributed by atoms with van der Waals surface area (Å²) in [4.78, 5) is 58.2. The Hall–Kier alpha value is -1.86. The van der Waals surface area contributed by atoms with Crippen LogP contribution in [0.2, 0.25) is 0 Å². The van der Waals surface area contributed by atoms with Gasteiger partial charge in [0.1, 0.15) is 11.5 Å². The van der Waals surface area contributed by atoms with Crippen molar-refractivity contribution in [3.63, 3.8) is 0 Å². The number of ether oxygens (including phenoxy) is 2. The van der Waals surface area contributed by atoms with Crippen LogP contribution >= 0.6 is 0 Å². The fraction of sp³-hybridized carbons (Fsp3) is 0.800. The van der Waals surface area contributed by atoms with Gasteiger partial charge in [-0.1, -0.05) is 33.3 Å². The van der Waals surface area contributed by atoms with E-state index in [2.05, 4.69) is 18.7 Å². The van der Waals surface area contributed by atoms with Crippen LogP contribution in [0.25, 0.3) is 0 Å². The Morgan fingerprint density at radius 1 is 1.08 bits per heavy atom. The first-order chi connectivity index (χ1) is 17.4. The number of ketones is 3. The van der Waals surface area contributed by atoms with Gasteiger partial charge in [0, 0.05) is 40.5 Å². The van der Waals surface area contributed by atoms with Crippen LogP contribution < -0.4 is 0 Å². The van der Waals surface area contributed by atoms with Crippen molar-refractivity contribution in [2.45, 2.75) is 91.0 Å². The largest absolute Gasteiger partial charge is 0.465 e. The van der Waals surface area contributed by atoms with Gasteiger partial charge < -0.3 is 9.47 Å². The number of fused-ring (bicyclic) bond motifs is 8. The second-order valence-corrected chi connectivity index (χ2v) is 14.2. The summed E-state index contributed by atoms with van der Waals surface area (Å²) >= 11 is 0. The zero-order chi connectivity index (χ0) is 26.3. The molecule has 37 heavy (non-hydrogen) atoms. The maximum absolute atomic E-state index is 15.2. The highest BCUT2D eigenvalue weighted by Gasteiger charge is 2.80. The summed E-state index contributed by atoms with van der Waals surface area (Å²) in [5.41, 5.74) is -1.90. The fourth-order valence-corrected chi connectivity index (χ4v) is 10.8. The van der Waals surface area contributed by atoms with Gasteiger partial charge in [0.25, 0.3) is 0 Å². The average molecular weight is 510 g/mol. The topological polar surface area (TPSA) is 90.0 Å². The molecule has 0 aromatic rings. The summed E-state index contributed by atoms with van der Waals surface area (Å²) in [5, 5.41) is 0. The van der Waals surface area contributed by atoms with Crippen molar-refractivity contribution in [3.8, 4) is 0 Å². The quantitative estimate of drug-likeness (QED) is 0.462. The van der Waals surface area contributed by atoms with Gasteiger partial charge in [0.15, 0.2) is 11.6 Å². The minimum atomic E-state index is -1.04. The summed E-state index contributed by atoms with van der Waals surface area (Å²) in [6, 6.07) is -0.463. The Labute approximate surface area is 218 Å². The average Bonchev–Trinajstić information content (AvgIpc) is 3.33. The first-order valence-electron chi connectivity index (χ1n) is 14.3. The van der Waals surface area contributed by atoms with Crippen molar-refractivity contribution in [1.29, 1.82) is 0 Å². The summed E-state index contributed by atoms with van der Waals surface area (Å²) in [6.45, 7) is 11.1. The van der Waals surface area contributed by atoms with E-state index in [9.17, 15) is 14.4 Å². The molecule has 4 aliphatic heterocycles. The van der Waals surface area contributed by atoms with Crippen LogP contribution in [0.15, 0.2) is 11.6 Å². The lowest BCUT2D eigenvalue weighted by molar-refractivity contribution is -0.251. The Bertz CT molecular complexity index is 1180. The summed E-state index contributed by atoms with van der Waals surface area (Å²) in [6.07, 6.45) is 5.97. The Balaban J connectivity index is 1.46. The van der Waals surface area contributed by atoms with Crippen LogP contribution in [0.5, 0.6) is 0 Å². The van der Waals surface area contributed by atoms with Crippen LogP contribution in [0.1, 0.15) is 73.1 Å². The molecular formula is C30H39NO6. The Morgan fingerprint density at radius 2 is 1.84 bits per heavy atom. The third kappa shape index (κ3) is 2.66. The predicted molar refractivity (Wildman–Crippen MR) is 133 cm³/mol. The molecule has 0 aromatic heterocycles. The summed E-state index contributed by atoms with van der Waals surface area (Å²) in [5.74, 6) is -1.59. The van der Waals surface area contributed by atoms with E-state index >= 15 is 4.79 Å². The number of hydrogen-bond donors (Lipinski definition) is 0. The van der Waals surface area contributed by atoms with Gasteiger partial charge in [-0.25, -0.2) is 0 Å². The van der Waals surface area contributed by atoms with Crippen LogP contribution in [0, 0.1) is 45.8 Å². The summed E-state index contributed by atoms with van der Waals surface area (Å²) in [7, 11) is 0. The second-order valence-electron chi connectivity index (χ2n) is 14.2. The lowest BCUT2D eigenvalue weighted by Crippen LogP contribution is -2.79. The minimum absolute atomic E-state index is 0.0262. The van der Waals surface area contributed by atoms with E-state index in [0.29, 0.717) is 18.9 Å². The zero-order valence-electron chi connectivity index (χ0n) is 22.7. The molecule has 7 rings (SSSR count). The Kier molecular flexibility index (Phi) is 4.71. The molecule has 7 heteroatoms. The molecule has 2 spiro atoms. The number of rotatable bonds is 0. The molecule has 4 saturated heterocycles. The van der Waals surface area contributed by atoms with Crippen molar-refractivity contribution in [2.24, 2.45) is 45.8 Å². The molecule has 0 N–H and O–H groups in total. The number of nitrogens with zero attached hydrogens (tertiary/aromatic N) is 1. The lowest BCUT2D eigenvalue weighted by atomic mass is 9.34. The highest BCUT2D eigenvalue weighted by molar-refractivity contribution is 6.06. The molecule has 7 aliphatic rings. The molecule has 6 fully saturated rings. The van der Waals surface area contributed by atoms with Crippen molar-refractivity contribution in [2.75, 3.05) is 13.2 Å². The third-order valence-corrected chi connectivity index (χ3v) is 12.3. The van der Waals surface area contributed by atoms with Gasteiger partial charge in [-0.2, -0.15) is 0 Å². The van der Waals surface area contributed by atoms with Gasteiger partial charge in [-0.05, 0) is 56.9 Å². The number of allylic oxidation sites excluding steroid dienone is 2. The minimum Gasteiger partial charge on any atom is -0.465 e. The van der Waals surface area contributed by atoms with Crippen molar-refractivity contribution in [1.82, 2.24) is 4.90 Å². The Morgan fingerprint density at radius 3 is 2.54 bits per heavy atom. The van der Waals surface area contributed by atoms with Crippen LogP contribution in [0.4, 0.5) is 0 Å². The van der Waals surface area contributed by atoms with Gasteiger partial charge in [-0.15, -0.1) is 0 Å². The van der Waals surface area contributed by atoms with E-state index in [4.69, 9.17) is 9.47 Å². The molecule has 0 radical (unpaired) electrons. The SMILES string of the molecule is CC1=CC(=O)[C@@H]2[C@@H](C1)[C@]1(C)C(=O)[C@@H]3N4C[C@H]5C[C@H](C)CC4(CC[C@@]3(C)[C@]3(COC(=O)C3)[C@H]1C(=O)[C@@H]2C)O5. The number of carbonyl (C=O) groups is 4. The molecule has 2 saturated carbocycles. The molecule has 4 heterocycles. The van der Waals surface area contributed by atoms with Crippen molar-refractivity contribution < 1.29 is 28.7 Å². The molecule has 2 bridgehead atoms. The van der Waals surface area contributed by atoms with E-state index in [-0.39, 0.29) is 48.4 Å². The van der Waals surface area contributed by atoms with Crippen LogP contribution in [0.3, 0.4) is 0 Å². The third-order valence-electron chi connectivity index (χ3n) is 12.3. The maximum atomic E-state index is 15.2. The van der Waals surface area contributed by atoms with Crippen molar-refractivity contribution in [3.05, 3.63) is 11.6 Å². The van der Waals surface area contributed by atoms with Crippen molar-refractivity contribution >= 4 is 23.3 Å². The monoisotopic (exact) mass is 509 g/mol. The fourth-order valence-electron chi connectivity index (χ4n) is 10.8. The van der Waals surface area contributed by atoms with Crippen LogP contribution in [-0.4, -0.2) is 59.2 Å². The first-order valence-corrected chi connectivity index (χ1v) is 14.3. The predicted octanol–water partition coefficient (Wildman–Crippen LogP) is 3.49. The second kappa shape index (κ2) is 7.20. The maximum Gasteiger partial charge on any atom is 0.306 e. The van der Waals surface area contributed by atoms with E-state index in [1.54, 1.807) is 6.08 Å². The van der Waals surface area contributed by atoms with Gasteiger partial charge in [-0.3, -0.25) is 24.1 Å². The van der Waals surface area contributed by atoms with E-state index in [1.165, 1.54) is 0 Å². The number of piperidine rings is 1. The molecular weight excluding hydrogens is 470 g/mol. The number of esters is 1. The first kappa shape index (κ1) is 24.2. The highest BCUT2D eigenvalue weighted by Crippen LogP contribution is 2.72. The molecule has 0 amide bonds. The molecule has 3 aliphatic carbocycles. The normalized spacial score (nSPS) is 54.8. The lowest BCUT2D eigenvalue weighted by Gasteiger charge is -2.70. The van der Waals surface area contributed by atoms with Crippen LogP contribution in [-0.2, 0) is 28.7 Å². The number of carbonyl (C=O) groups excluding carboxylic acids is 4. The summed E-state index contributed by atoms with van der Waals surface area (Å²) < 4.78 is 12.4.